The molecular weight excluding hydrogens is 278 g/mol. The Bertz CT molecular complexity index is 342. The highest BCUT2D eigenvalue weighted by Crippen LogP contribution is 2.58. The van der Waals surface area contributed by atoms with Crippen LogP contribution in [-0.2, 0) is 0 Å². The van der Waals surface area contributed by atoms with Crippen LogP contribution in [0.2, 0.25) is 0 Å². The van der Waals surface area contributed by atoms with E-state index in [4.69, 9.17) is 5.73 Å². The number of hydrogen-bond acceptors (Lipinski definition) is 1. The van der Waals surface area contributed by atoms with Gasteiger partial charge in [-0.15, -0.1) is 0 Å². The summed E-state index contributed by atoms with van der Waals surface area (Å²) in [6.07, 6.45) is 13.6. The molecule has 0 aliphatic heterocycles. The van der Waals surface area contributed by atoms with Crippen LogP contribution in [0.25, 0.3) is 0 Å². The van der Waals surface area contributed by atoms with Crippen molar-refractivity contribution in [1.29, 1.82) is 0 Å². The molecule has 23 heavy (non-hydrogen) atoms. The average molecular weight is 324 g/mol. The molecule has 1 saturated carbocycles. The van der Waals surface area contributed by atoms with Crippen LogP contribution in [-0.4, -0.2) is 5.54 Å². The maximum atomic E-state index is 6.20. The molecule has 1 aliphatic rings. The zero-order chi connectivity index (χ0) is 17.7. The predicted molar refractivity (Wildman–Crippen MR) is 105 cm³/mol. The minimum Gasteiger partial charge on any atom is -0.326 e. The molecule has 0 aromatic rings. The van der Waals surface area contributed by atoms with Gasteiger partial charge in [0.1, 0.15) is 0 Å². The summed E-state index contributed by atoms with van der Waals surface area (Å²) in [6, 6.07) is 0. The fourth-order valence-electron chi connectivity index (χ4n) is 4.92. The normalized spacial score (nSPS) is 29.5. The van der Waals surface area contributed by atoms with Crippen molar-refractivity contribution >= 4 is 0 Å². The van der Waals surface area contributed by atoms with Crippen LogP contribution in [0.4, 0.5) is 0 Å². The topological polar surface area (TPSA) is 26.0 Å². The molecule has 0 bridgehead atoms. The van der Waals surface area contributed by atoms with Crippen molar-refractivity contribution < 1.29 is 0 Å². The number of hydrogen-bond donors (Lipinski definition) is 1. The van der Waals surface area contributed by atoms with Gasteiger partial charge in [-0.3, -0.25) is 0 Å². The summed E-state index contributed by atoms with van der Waals surface area (Å²) in [4.78, 5) is 0. The van der Waals surface area contributed by atoms with Crippen molar-refractivity contribution in [3.63, 3.8) is 0 Å². The van der Waals surface area contributed by atoms with Crippen LogP contribution in [0.3, 0.4) is 0 Å². The Morgan fingerprint density at radius 1 is 1.13 bits per heavy atom. The highest BCUT2D eigenvalue weighted by Gasteiger charge is 2.48. The van der Waals surface area contributed by atoms with E-state index in [2.05, 4.69) is 48.5 Å². The summed E-state index contributed by atoms with van der Waals surface area (Å²) in [5, 5.41) is 0. The molecule has 0 heterocycles. The molecule has 0 aromatic carbocycles. The first-order chi connectivity index (χ1) is 10.6. The molecule has 1 fully saturated rings. The quantitative estimate of drug-likeness (QED) is 0.463. The van der Waals surface area contributed by atoms with E-state index in [1.807, 2.05) is 0 Å². The van der Waals surface area contributed by atoms with Gasteiger partial charge in [0, 0.05) is 5.54 Å². The number of unbranched alkanes of at least 4 members (excludes halogenated alkanes) is 1. The lowest BCUT2D eigenvalue weighted by Crippen LogP contribution is -2.37. The van der Waals surface area contributed by atoms with Gasteiger partial charge in [0.15, 0.2) is 0 Å². The van der Waals surface area contributed by atoms with Crippen molar-refractivity contribution in [2.45, 2.75) is 118 Å². The summed E-state index contributed by atoms with van der Waals surface area (Å²) >= 11 is 0. The Morgan fingerprint density at radius 2 is 1.78 bits per heavy atom. The van der Waals surface area contributed by atoms with Crippen molar-refractivity contribution in [3.8, 4) is 0 Å². The average Bonchev–Trinajstić information content (AvgIpc) is 2.87. The summed E-state index contributed by atoms with van der Waals surface area (Å²) in [6.45, 7) is 16.7. The summed E-state index contributed by atoms with van der Waals surface area (Å²) in [5.41, 5.74) is 7.21. The predicted octanol–water partition coefficient (Wildman–Crippen LogP) is 6.94. The van der Waals surface area contributed by atoms with E-state index < -0.39 is 0 Å². The lowest BCUT2D eigenvalue weighted by Gasteiger charge is -2.45. The molecule has 138 valence electrons. The number of rotatable bonds is 10. The Labute approximate surface area is 147 Å². The third-order valence-electron chi connectivity index (χ3n) is 7.38. The fraction of sp³-hybridized carbons (Fsp3) is 1.00. The third-order valence-corrected chi connectivity index (χ3v) is 7.38. The molecule has 2 N–H and O–H groups in total. The Balaban J connectivity index is 2.65. The van der Waals surface area contributed by atoms with Crippen molar-refractivity contribution in [2.24, 2.45) is 28.4 Å². The molecule has 4 unspecified atom stereocenters. The maximum absolute atomic E-state index is 6.20. The lowest BCUT2D eigenvalue weighted by molar-refractivity contribution is 0.0485. The second-order valence-corrected chi connectivity index (χ2v) is 9.94. The van der Waals surface area contributed by atoms with Gasteiger partial charge in [0.2, 0.25) is 0 Å². The Morgan fingerprint density at radius 3 is 2.30 bits per heavy atom. The largest absolute Gasteiger partial charge is 0.326 e. The molecule has 1 nitrogen and oxygen atoms in total. The van der Waals surface area contributed by atoms with Crippen LogP contribution in [0.1, 0.15) is 113 Å². The van der Waals surface area contributed by atoms with Gasteiger partial charge >= 0.3 is 0 Å². The molecule has 0 spiro atoms. The standard InChI is InChI=1S/C22H45N/c1-8-10-12-18(3)19-13-16-22(7,17-19)21(6,9-2)15-11-14-20(4,5)23/h18-19H,8-17,23H2,1-7H3. The zero-order valence-electron chi connectivity index (χ0n) is 17.3. The number of nitrogens with two attached hydrogens (primary N) is 1. The first kappa shape index (κ1) is 21.0. The van der Waals surface area contributed by atoms with E-state index in [9.17, 15) is 0 Å². The minimum absolute atomic E-state index is 0.0115. The molecule has 0 radical (unpaired) electrons. The molecule has 1 aliphatic carbocycles. The van der Waals surface area contributed by atoms with E-state index in [0.717, 1.165) is 18.3 Å². The lowest BCUT2D eigenvalue weighted by atomic mass is 9.60. The minimum atomic E-state index is -0.0115. The summed E-state index contributed by atoms with van der Waals surface area (Å²) in [5.74, 6) is 1.88. The van der Waals surface area contributed by atoms with Crippen LogP contribution < -0.4 is 5.73 Å². The molecule has 0 saturated heterocycles. The third kappa shape index (κ3) is 5.76. The SMILES string of the molecule is CCCCC(C)C1CCC(C)(C(C)(CC)CCCC(C)(C)N)C1. The van der Waals surface area contributed by atoms with Crippen LogP contribution in [0.5, 0.6) is 0 Å². The summed E-state index contributed by atoms with van der Waals surface area (Å²) < 4.78 is 0. The summed E-state index contributed by atoms with van der Waals surface area (Å²) in [7, 11) is 0. The van der Waals surface area contributed by atoms with E-state index in [1.165, 1.54) is 57.8 Å². The molecule has 1 heteroatoms. The monoisotopic (exact) mass is 323 g/mol. The van der Waals surface area contributed by atoms with Crippen molar-refractivity contribution in [2.75, 3.05) is 0 Å². The van der Waals surface area contributed by atoms with Gasteiger partial charge in [0.05, 0.1) is 0 Å². The van der Waals surface area contributed by atoms with Crippen LogP contribution >= 0.6 is 0 Å². The highest BCUT2D eigenvalue weighted by molar-refractivity contribution is 4.98. The molecular formula is C22H45N. The van der Waals surface area contributed by atoms with E-state index >= 15 is 0 Å². The van der Waals surface area contributed by atoms with Crippen molar-refractivity contribution in [1.82, 2.24) is 0 Å². The van der Waals surface area contributed by atoms with Gasteiger partial charge in [-0.2, -0.15) is 0 Å². The first-order valence-corrected chi connectivity index (χ1v) is 10.4. The van der Waals surface area contributed by atoms with Gasteiger partial charge < -0.3 is 5.73 Å². The van der Waals surface area contributed by atoms with E-state index in [1.54, 1.807) is 0 Å². The Hall–Kier alpha value is -0.0400. The molecule has 0 amide bonds. The first-order valence-electron chi connectivity index (χ1n) is 10.4. The zero-order valence-corrected chi connectivity index (χ0v) is 17.3. The van der Waals surface area contributed by atoms with Gasteiger partial charge in [-0.25, -0.2) is 0 Å². The smallest absolute Gasteiger partial charge is 0.00970 e. The molecule has 1 rings (SSSR count). The van der Waals surface area contributed by atoms with E-state index in [0.29, 0.717) is 10.8 Å². The van der Waals surface area contributed by atoms with Crippen LogP contribution in [0, 0.1) is 22.7 Å². The van der Waals surface area contributed by atoms with Crippen LogP contribution in [0.15, 0.2) is 0 Å². The van der Waals surface area contributed by atoms with E-state index in [-0.39, 0.29) is 5.54 Å². The second-order valence-electron chi connectivity index (χ2n) is 9.94. The highest BCUT2D eigenvalue weighted by atomic mass is 14.7. The van der Waals surface area contributed by atoms with Crippen molar-refractivity contribution in [3.05, 3.63) is 0 Å². The molecule has 4 atom stereocenters. The molecule has 0 aromatic heterocycles. The fourth-order valence-corrected chi connectivity index (χ4v) is 4.92. The van der Waals surface area contributed by atoms with Gasteiger partial charge in [0.25, 0.3) is 0 Å². The second kappa shape index (κ2) is 8.37. The van der Waals surface area contributed by atoms with Gasteiger partial charge in [-0.1, -0.05) is 66.7 Å². The maximum Gasteiger partial charge on any atom is 0.00970 e. The van der Waals surface area contributed by atoms with Gasteiger partial charge in [-0.05, 0) is 68.6 Å². The Kier molecular flexibility index (Phi) is 7.64.